The number of aryl methyl sites for hydroxylation is 1. The second kappa shape index (κ2) is 8.81. The Morgan fingerprint density at radius 1 is 1.03 bits per heavy atom. The van der Waals surface area contributed by atoms with Crippen LogP contribution in [0.1, 0.15) is 42.9 Å². The molecular formula is C26H29N3O4. The molecule has 7 heteroatoms. The van der Waals surface area contributed by atoms with Gasteiger partial charge < -0.3 is 24.3 Å². The van der Waals surface area contributed by atoms with Crippen molar-refractivity contribution in [2.45, 2.75) is 32.6 Å². The van der Waals surface area contributed by atoms with Crippen molar-refractivity contribution in [2.75, 3.05) is 33.0 Å². The highest BCUT2D eigenvalue weighted by atomic mass is 16.7. The summed E-state index contributed by atoms with van der Waals surface area (Å²) in [5.41, 5.74) is 4.52. The van der Waals surface area contributed by atoms with Crippen LogP contribution in [0, 0.1) is 0 Å². The van der Waals surface area contributed by atoms with Gasteiger partial charge in [0.15, 0.2) is 11.5 Å². The summed E-state index contributed by atoms with van der Waals surface area (Å²) in [6.07, 6.45) is 3.33. The summed E-state index contributed by atoms with van der Waals surface area (Å²) in [4.78, 5) is 32.2. The maximum absolute atomic E-state index is 13.4. The summed E-state index contributed by atoms with van der Waals surface area (Å²) in [6.45, 7) is 6.25. The van der Waals surface area contributed by atoms with Gasteiger partial charge >= 0.3 is 0 Å². The number of ether oxygens (including phenoxy) is 2. The van der Waals surface area contributed by atoms with Crippen molar-refractivity contribution < 1.29 is 19.1 Å². The van der Waals surface area contributed by atoms with E-state index in [0.29, 0.717) is 38.3 Å². The van der Waals surface area contributed by atoms with Gasteiger partial charge in [-0.05, 0) is 35.2 Å². The van der Waals surface area contributed by atoms with Crippen molar-refractivity contribution in [3.05, 3.63) is 59.3 Å². The molecule has 0 spiro atoms. The van der Waals surface area contributed by atoms with Gasteiger partial charge in [-0.15, -0.1) is 0 Å². The van der Waals surface area contributed by atoms with Gasteiger partial charge in [-0.1, -0.05) is 31.2 Å². The third kappa shape index (κ3) is 4.03. The molecule has 2 aliphatic rings. The third-order valence-corrected chi connectivity index (χ3v) is 6.85. The van der Waals surface area contributed by atoms with Crippen LogP contribution in [-0.2, 0) is 16.0 Å². The number of nitrogens with zero attached hydrogens (tertiary/aromatic N) is 2. The number of aromatic amines is 1. The lowest BCUT2D eigenvalue weighted by atomic mass is 9.87. The van der Waals surface area contributed by atoms with E-state index in [1.165, 1.54) is 5.56 Å². The van der Waals surface area contributed by atoms with Crippen LogP contribution in [0.15, 0.2) is 42.6 Å². The molecule has 0 bridgehead atoms. The molecule has 0 aliphatic carbocycles. The number of piperazine rings is 1. The predicted molar refractivity (Wildman–Crippen MR) is 126 cm³/mol. The van der Waals surface area contributed by atoms with E-state index in [4.69, 9.17) is 9.47 Å². The molecule has 2 aliphatic heterocycles. The molecule has 1 atom stereocenters. The van der Waals surface area contributed by atoms with Crippen LogP contribution in [0.4, 0.5) is 0 Å². The number of para-hydroxylation sites is 1. The Morgan fingerprint density at radius 2 is 1.79 bits per heavy atom. The highest BCUT2D eigenvalue weighted by molar-refractivity contribution is 5.88. The largest absolute Gasteiger partial charge is 0.454 e. The van der Waals surface area contributed by atoms with E-state index in [2.05, 4.69) is 30.1 Å². The molecule has 0 radical (unpaired) electrons. The highest BCUT2D eigenvalue weighted by Crippen LogP contribution is 2.40. The van der Waals surface area contributed by atoms with Crippen molar-refractivity contribution in [1.29, 1.82) is 0 Å². The van der Waals surface area contributed by atoms with E-state index < -0.39 is 0 Å². The number of fused-ring (bicyclic) bond motifs is 2. The van der Waals surface area contributed by atoms with Crippen LogP contribution in [0.5, 0.6) is 11.5 Å². The second-order valence-electron chi connectivity index (χ2n) is 8.69. The van der Waals surface area contributed by atoms with Gasteiger partial charge in [0.25, 0.3) is 0 Å². The smallest absolute Gasteiger partial charge is 0.231 e. The summed E-state index contributed by atoms with van der Waals surface area (Å²) in [7, 11) is 0. The number of hydrogen-bond donors (Lipinski definition) is 1. The molecule has 2 amide bonds. The maximum Gasteiger partial charge on any atom is 0.231 e. The summed E-state index contributed by atoms with van der Waals surface area (Å²) in [5, 5.41) is 1.14. The lowest BCUT2D eigenvalue weighted by Gasteiger charge is -2.35. The molecule has 5 rings (SSSR count). The first-order chi connectivity index (χ1) is 16.0. The van der Waals surface area contributed by atoms with E-state index in [9.17, 15) is 9.59 Å². The minimum atomic E-state index is -0.126. The molecule has 33 heavy (non-hydrogen) atoms. The van der Waals surface area contributed by atoms with Crippen molar-refractivity contribution in [2.24, 2.45) is 0 Å². The first-order valence-corrected chi connectivity index (χ1v) is 11.6. The number of benzene rings is 2. The fourth-order valence-electron chi connectivity index (χ4n) is 4.93. The monoisotopic (exact) mass is 447 g/mol. The Bertz CT molecular complexity index is 1190. The summed E-state index contributed by atoms with van der Waals surface area (Å²) in [5.74, 6) is 1.48. The van der Waals surface area contributed by atoms with E-state index >= 15 is 0 Å². The standard InChI is InChI=1S/C26H29N3O4/c1-3-18-5-4-6-20-22(15-27-26(18)20)21(19-7-8-23-24(13-19)33-16-32-23)14-25(31)29-11-9-28(10-12-29)17(2)30/h4-8,13,15,21,27H,3,9-12,14,16H2,1-2H3/t21-/m0/s1. The molecule has 3 aromatic rings. The van der Waals surface area contributed by atoms with Gasteiger partial charge in [-0.3, -0.25) is 9.59 Å². The molecule has 0 unspecified atom stereocenters. The number of nitrogens with one attached hydrogen (secondary N) is 1. The normalized spacial score (nSPS) is 16.3. The minimum Gasteiger partial charge on any atom is -0.454 e. The van der Waals surface area contributed by atoms with Gasteiger partial charge in [0.2, 0.25) is 18.6 Å². The van der Waals surface area contributed by atoms with Crippen LogP contribution in [0.25, 0.3) is 10.9 Å². The SMILES string of the molecule is CCc1cccc2c([C@@H](CC(=O)N3CCN(C(C)=O)CC3)c3ccc4c(c3)OCO4)c[nH]c12. The third-order valence-electron chi connectivity index (χ3n) is 6.85. The molecule has 3 heterocycles. The Kier molecular flexibility index (Phi) is 5.70. The Labute approximate surface area is 193 Å². The van der Waals surface area contributed by atoms with Gasteiger partial charge in [-0.2, -0.15) is 0 Å². The molecule has 7 nitrogen and oxygen atoms in total. The van der Waals surface area contributed by atoms with Crippen LogP contribution in [0.2, 0.25) is 0 Å². The van der Waals surface area contributed by atoms with E-state index in [1.54, 1.807) is 11.8 Å². The van der Waals surface area contributed by atoms with E-state index in [1.807, 2.05) is 29.3 Å². The number of amides is 2. The first-order valence-electron chi connectivity index (χ1n) is 11.6. The van der Waals surface area contributed by atoms with E-state index in [0.717, 1.165) is 34.2 Å². The van der Waals surface area contributed by atoms with Crippen molar-refractivity contribution in [3.63, 3.8) is 0 Å². The molecule has 1 fully saturated rings. The summed E-state index contributed by atoms with van der Waals surface area (Å²) >= 11 is 0. The lowest BCUT2D eigenvalue weighted by Crippen LogP contribution is -2.50. The summed E-state index contributed by atoms with van der Waals surface area (Å²) < 4.78 is 11.1. The Hall–Kier alpha value is -3.48. The second-order valence-corrected chi connectivity index (χ2v) is 8.69. The molecule has 1 N–H and O–H groups in total. The fraction of sp³-hybridized carbons (Fsp3) is 0.385. The van der Waals surface area contributed by atoms with Gasteiger partial charge in [0.05, 0.1) is 0 Å². The summed E-state index contributed by atoms with van der Waals surface area (Å²) in [6, 6.07) is 12.3. The van der Waals surface area contributed by atoms with Gasteiger partial charge in [0, 0.05) is 62.5 Å². The molecule has 0 saturated carbocycles. The highest BCUT2D eigenvalue weighted by Gasteiger charge is 2.28. The molecule has 2 aromatic carbocycles. The Balaban J connectivity index is 1.48. The number of H-pyrrole nitrogens is 1. The lowest BCUT2D eigenvalue weighted by molar-refractivity contribution is -0.138. The van der Waals surface area contributed by atoms with Crippen LogP contribution >= 0.6 is 0 Å². The number of aromatic nitrogens is 1. The zero-order valence-corrected chi connectivity index (χ0v) is 19.1. The average Bonchev–Trinajstić information content (AvgIpc) is 3.49. The fourth-order valence-corrected chi connectivity index (χ4v) is 4.93. The average molecular weight is 448 g/mol. The number of carbonyl (C=O) groups is 2. The molecule has 1 aromatic heterocycles. The van der Waals surface area contributed by atoms with Crippen LogP contribution in [0.3, 0.4) is 0 Å². The molecule has 172 valence electrons. The number of rotatable bonds is 5. The van der Waals surface area contributed by atoms with Gasteiger partial charge in [0.1, 0.15) is 0 Å². The van der Waals surface area contributed by atoms with Crippen molar-refractivity contribution in [3.8, 4) is 11.5 Å². The zero-order chi connectivity index (χ0) is 22.9. The minimum absolute atomic E-state index is 0.0610. The van der Waals surface area contributed by atoms with E-state index in [-0.39, 0.29) is 24.5 Å². The maximum atomic E-state index is 13.4. The Morgan fingerprint density at radius 3 is 2.55 bits per heavy atom. The van der Waals surface area contributed by atoms with Crippen molar-refractivity contribution >= 4 is 22.7 Å². The van der Waals surface area contributed by atoms with Crippen LogP contribution in [-0.4, -0.2) is 59.6 Å². The number of carbonyl (C=O) groups excluding carboxylic acids is 2. The first kappa shape index (κ1) is 21.4. The quantitative estimate of drug-likeness (QED) is 0.648. The molecule has 1 saturated heterocycles. The number of hydrogen-bond acceptors (Lipinski definition) is 4. The zero-order valence-electron chi connectivity index (χ0n) is 19.1. The van der Waals surface area contributed by atoms with Gasteiger partial charge in [-0.25, -0.2) is 0 Å². The molecular weight excluding hydrogens is 418 g/mol. The topological polar surface area (TPSA) is 74.9 Å². The van der Waals surface area contributed by atoms with Crippen LogP contribution < -0.4 is 9.47 Å². The van der Waals surface area contributed by atoms with Crippen molar-refractivity contribution in [1.82, 2.24) is 14.8 Å². The predicted octanol–water partition coefficient (Wildman–Crippen LogP) is 3.67.